The molecule has 104 valence electrons. The van der Waals surface area contributed by atoms with Crippen molar-refractivity contribution in [3.63, 3.8) is 0 Å². The third-order valence-corrected chi connectivity index (χ3v) is 5.03. The third-order valence-electron chi connectivity index (χ3n) is 4.12. The molecule has 0 radical (unpaired) electrons. The van der Waals surface area contributed by atoms with Gasteiger partial charge in [0.25, 0.3) is 0 Å². The molecule has 0 saturated heterocycles. The van der Waals surface area contributed by atoms with E-state index in [9.17, 15) is 0 Å². The van der Waals surface area contributed by atoms with Gasteiger partial charge in [-0.05, 0) is 60.7 Å². The molecule has 0 heterocycles. The van der Waals surface area contributed by atoms with Crippen molar-refractivity contribution in [2.24, 2.45) is 0 Å². The van der Waals surface area contributed by atoms with E-state index in [1.165, 1.54) is 23.1 Å². The Morgan fingerprint density at radius 3 is 2.50 bits per heavy atom. The lowest BCUT2D eigenvalue weighted by molar-refractivity contribution is 0.452. The second-order valence-electron chi connectivity index (χ2n) is 5.38. The molecule has 0 amide bonds. The van der Waals surface area contributed by atoms with E-state index in [1.807, 2.05) is 7.05 Å². The SMILES string of the molecule is CNC(CC1Cc2ccccc21)c1cc(Br)cc(Br)c1. The number of hydrogen-bond donors (Lipinski definition) is 1. The molecule has 20 heavy (non-hydrogen) atoms. The maximum Gasteiger partial charge on any atom is 0.0324 e. The first-order valence-electron chi connectivity index (χ1n) is 6.88. The number of rotatable bonds is 4. The molecule has 0 bridgehead atoms. The van der Waals surface area contributed by atoms with E-state index in [-0.39, 0.29) is 0 Å². The van der Waals surface area contributed by atoms with Gasteiger partial charge in [0.15, 0.2) is 0 Å². The van der Waals surface area contributed by atoms with Crippen molar-refractivity contribution < 1.29 is 0 Å². The zero-order valence-electron chi connectivity index (χ0n) is 11.4. The van der Waals surface area contributed by atoms with E-state index >= 15 is 0 Å². The van der Waals surface area contributed by atoms with E-state index in [2.05, 4.69) is 79.6 Å². The van der Waals surface area contributed by atoms with E-state index in [0.717, 1.165) is 15.4 Å². The zero-order chi connectivity index (χ0) is 14.1. The lowest BCUT2D eigenvalue weighted by Gasteiger charge is -2.33. The van der Waals surface area contributed by atoms with E-state index < -0.39 is 0 Å². The van der Waals surface area contributed by atoms with Gasteiger partial charge in [-0.2, -0.15) is 0 Å². The summed E-state index contributed by atoms with van der Waals surface area (Å²) in [5, 5.41) is 3.46. The molecule has 0 spiro atoms. The minimum atomic E-state index is 0.391. The van der Waals surface area contributed by atoms with Crippen LogP contribution in [0.5, 0.6) is 0 Å². The number of halogens is 2. The Bertz CT molecular complexity index is 604. The van der Waals surface area contributed by atoms with Crippen LogP contribution in [-0.2, 0) is 6.42 Å². The normalized spacial score (nSPS) is 18.2. The summed E-state index contributed by atoms with van der Waals surface area (Å²) in [6.45, 7) is 0. The zero-order valence-corrected chi connectivity index (χ0v) is 14.5. The molecule has 1 N–H and O–H groups in total. The predicted octanol–water partition coefficient (Wildman–Crippen LogP) is 5.20. The second kappa shape index (κ2) is 6.00. The molecule has 3 heteroatoms. The van der Waals surface area contributed by atoms with Gasteiger partial charge in [-0.3, -0.25) is 0 Å². The van der Waals surface area contributed by atoms with Crippen molar-refractivity contribution in [3.8, 4) is 0 Å². The van der Waals surface area contributed by atoms with E-state index in [4.69, 9.17) is 0 Å². The van der Waals surface area contributed by atoms with E-state index in [1.54, 1.807) is 0 Å². The number of benzene rings is 2. The first-order valence-corrected chi connectivity index (χ1v) is 8.47. The number of nitrogens with one attached hydrogen (secondary N) is 1. The maximum absolute atomic E-state index is 3.58. The van der Waals surface area contributed by atoms with Gasteiger partial charge in [-0.15, -0.1) is 0 Å². The van der Waals surface area contributed by atoms with Gasteiger partial charge in [0, 0.05) is 15.0 Å². The Kier molecular flexibility index (Phi) is 4.29. The lowest BCUT2D eigenvalue weighted by Crippen LogP contribution is -2.25. The average molecular weight is 395 g/mol. The highest BCUT2D eigenvalue weighted by Gasteiger charge is 2.28. The van der Waals surface area contributed by atoms with Crippen LogP contribution in [0.25, 0.3) is 0 Å². The van der Waals surface area contributed by atoms with Crippen LogP contribution in [0.1, 0.15) is 35.1 Å². The van der Waals surface area contributed by atoms with Gasteiger partial charge in [0.05, 0.1) is 0 Å². The van der Waals surface area contributed by atoms with Crippen molar-refractivity contribution in [1.29, 1.82) is 0 Å². The van der Waals surface area contributed by atoms with Gasteiger partial charge < -0.3 is 5.32 Å². The highest BCUT2D eigenvalue weighted by atomic mass is 79.9. The van der Waals surface area contributed by atoms with Crippen LogP contribution in [0.2, 0.25) is 0 Å². The highest BCUT2D eigenvalue weighted by Crippen LogP contribution is 2.41. The topological polar surface area (TPSA) is 12.0 Å². The minimum absolute atomic E-state index is 0.391. The fraction of sp³-hybridized carbons (Fsp3) is 0.294. The van der Waals surface area contributed by atoms with Gasteiger partial charge in [-0.25, -0.2) is 0 Å². The fourth-order valence-electron chi connectivity index (χ4n) is 3.05. The standard InChI is InChI=1S/C17H17Br2N/c1-20-17(13-7-14(18)10-15(19)8-13)9-12-6-11-4-2-3-5-16(11)12/h2-5,7-8,10,12,17,20H,6,9H2,1H3. The Balaban J connectivity index is 1.79. The number of hydrogen-bond acceptors (Lipinski definition) is 1. The predicted molar refractivity (Wildman–Crippen MR) is 91.1 cm³/mol. The molecular weight excluding hydrogens is 378 g/mol. The molecule has 1 nitrogen and oxygen atoms in total. The van der Waals surface area contributed by atoms with Crippen LogP contribution < -0.4 is 5.32 Å². The van der Waals surface area contributed by atoms with Gasteiger partial charge in [-0.1, -0.05) is 56.1 Å². The highest BCUT2D eigenvalue weighted by molar-refractivity contribution is 9.11. The Labute approximate surface area is 137 Å². The maximum atomic E-state index is 3.58. The third kappa shape index (κ3) is 2.85. The smallest absolute Gasteiger partial charge is 0.0324 e. The first-order chi connectivity index (χ1) is 9.67. The second-order valence-corrected chi connectivity index (χ2v) is 7.21. The van der Waals surface area contributed by atoms with Gasteiger partial charge in [0.2, 0.25) is 0 Å². The minimum Gasteiger partial charge on any atom is -0.313 e. The van der Waals surface area contributed by atoms with Crippen molar-refractivity contribution in [3.05, 3.63) is 68.1 Å². The van der Waals surface area contributed by atoms with Gasteiger partial charge >= 0.3 is 0 Å². The molecule has 2 atom stereocenters. The summed E-state index contributed by atoms with van der Waals surface area (Å²) >= 11 is 7.15. The molecule has 0 fully saturated rings. The van der Waals surface area contributed by atoms with Crippen LogP contribution in [-0.4, -0.2) is 7.05 Å². The van der Waals surface area contributed by atoms with Crippen molar-refractivity contribution in [2.45, 2.75) is 24.8 Å². The number of fused-ring (bicyclic) bond motifs is 1. The molecular formula is C17H17Br2N. The molecule has 0 aromatic heterocycles. The quantitative estimate of drug-likeness (QED) is 0.751. The summed E-state index contributed by atoms with van der Waals surface area (Å²) in [7, 11) is 2.05. The molecule has 2 unspecified atom stereocenters. The summed E-state index contributed by atoms with van der Waals surface area (Å²) in [6.07, 6.45) is 2.36. The van der Waals surface area contributed by atoms with Crippen LogP contribution in [0.15, 0.2) is 51.4 Å². The molecule has 0 saturated carbocycles. The Morgan fingerprint density at radius 2 is 1.85 bits per heavy atom. The van der Waals surface area contributed by atoms with Crippen LogP contribution in [0.4, 0.5) is 0 Å². The lowest BCUT2D eigenvalue weighted by atomic mass is 9.74. The van der Waals surface area contributed by atoms with Crippen LogP contribution >= 0.6 is 31.9 Å². The summed E-state index contributed by atoms with van der Waals surface area (Å²) in [4.78, 5) is 0. The van der Waals surface area contributed by atoms with Crippen molar-refractivity contribution in [2.75, 3.05) is 7.05 Å². The van der Waals surface area contributed by atoms with Crippen LogP contribution in [0, 0.1) is 0 Å². The summed E-state index contributed by atoms with van der Waals surface area (Å²) in [5.74, 6) is 0.682. The summed E-state index contributed by atoms with van der Waals surface area (Å²) < 4.78 is 2.24. The Morgan fingerprint density at radius 1 is 1.15 bits per heavy atom. The first kappa shape index (κ1) is 14.3. The largest absolute Gasteiger partial charge is 0.313 e. The summed E-state index contributed by atoms with van der Waals surface area (Å²) in [5.41, 5.74) is 4.38. The van der Waals surface area contributed by atoms with Crippen molar-refractivity contribution >= 4 is 31.9 Å². The molecule has 1 aliphatic carbocycles. The molecule has 0 aliphatic heterocycles. The van der Waals surface area contributed by atoms with Gasteiger partial charge in [0.1, 0.15) is 0 Å². The Hall–Kier alpha value is -0.640. The average Bonchev–Trinajstić information content (AvgIpc) is 2.39. The summed E-state index contributed by atoms with van der Waals surface area (Å²) in [6, 6.07) is 15.7. The molecule has 1 aliphatic rings. The molecule has 2 aromatic rings. The van der Waals surface area contributed by atoms with Crippen molar-refractivity contribution in [1.82, 2.24) is 5.32 Å². The molecule has 2 aromatic carbocycles. The molecule has 3 rings (SSSR count). The fourth-order valence-corrected chi connectivity index (χ4v) is 4.38. The van der Waals surface area contributed by atoms with Crippen LogP contribution in [0.3, 0.4) is 0 Å². The monoisotopic (exact) mass is 393 g/mol. The van der Waals surface area contributed by atoms with E-state index in [0.29, 0.717) is 12.0 Å².